The van der Waals surface area contributed by atoms with Crippen molar-refractivity contribution in [2.45, 2.75) is 19.8 Å². The molecular weight excluding hydrogens is 326 g/mol. The van der Waals surface area contributed by atoms with Crippen LogP contribution in [-0.2, 0) is 4.79 Å². The van der Waals surface area contributed by atoms with E-state index in [9.17, 15) is 4.79 Å². The van der Waals surface area contributed by atoms with Gasteiger partial charge >= 0.3 is 0 Å². The highest BCUT2D eigenvalue weighted by molar-refractivity contribution is 7.13. The quantitative estimate of drug-likeness (QED) is 0.754. The van der Waals surface area contributed by atoms with Crippen LogP contribution in [0.25, 0.3) is 11.2 Å². The molecule has 4 heterocycles. The fourth-order valence-electron chi connectivity index (χ4n) is 2.96. The van der Waals surface area contributed by atoms with Crippen molar-refractivity contribution in [3.63, 3.8) is 0 Å². The van der Waals surface area contributed by atoms with Crippen molar-refractivity contribution in [3.05, 3.63) is 23.7 Å². The van der Waals surface area contributed by atoms with Gasteiger partial charge in [-0.1, -0.05) is 0 Å². The molecule has 1 aliphatic rings. The van der Waals surface area contributed by atoms with Gasteiger partial charge in [0.1, 0.15) is 11.8 Å². The fraction of sp³-hybridized carbons (Fsp3) is 0.400. The smallest absolute Gasteiger partial charge is 0.229 e. The SMILES string of the molecule is Cc1csc(NC(=O)C2CCN(c3ncnc4nc[nH]c34)CC2)n1. The number of piperidine rings is 1. The predicted molar refractivity (Wildman–Crippen MR) is 92.1 cm³/mol. The van der Waals surface area contributed by atoms with E-state index in [1.54, 1.807) is 6.33 Å². The number of carbonyl (C=O) groups is 1. The first kappa shape index (κ1) is 15.0. The second kappa shape index (κ2) is 6.16. The molecule has 8 nitrogen and oxygen atoms in total. The number of anilines is 2. The van der Waals surface area contributed by atoms with E-state index in [1.807, 2.05) is 12.3 Å². The number of H-pyrrole nitrogens is 1. The molecule has 0 atom stereocenters. The van der Waals surface area contributed by atoms with Gasteiger partial charge in [-0.15, -0.1) is 11.3 Å². The Bertz CT molecular complexity index is 865. The first-order chi connectivity index (χ1) is 11.7. The Morgan fingerprint density at radius 1 is 1.33 bits per heavy atom. The molecular formula is C15H17N7OS. The van der Waals surface area contributed by atoms with Gasteiger partial charge in [0.15, 0.2) is 16.6 Å². The molecule has 1 amide bonds. The van der Waals surface area contributed by atoms with Gasteiger partial charge in [-0.2, -0.15) is 0 Å². The van der Waals surface area contributed by atoms with Gasteiger partial charge in [-0.05, 0) is 19.8 Å². The first-order valence-electron chi connectivity index (χ1n) is 7.83. The van der Waals surface area contributed by atoms with Crippen molar-refractivity contribution in [1.82, 2.24) is 24.9 Å². The molecule has 1 aliphatic heterocycles. The van der Waals surface area contributed by atoms with Crippen molar-refractivity contribution in [1.29, 1.82) is 0 Å². The maximum Gasteiger partial charge on any atom is 0.229 e. The van der Waals surface area contributed by atoms with Crippen LogP contribution in [0, 0.1) is 12.8 Å². The van der Waals surface area contributed by atoms with Crippen LogP contribution in [0.5, 0.6) is 0 Å². The summed E-state index contributed by atoms with van der Waals surface area (Å²) in [6.07, 6.45) is 4.73. The summed E-state index contributed by atoms with van der Waals surface area (Å²) in [7, 11) is 0. The molecule has 0 saturated carbocycles. The third-order valence-corrected chi connectivity index (χ3v) is 5.09. The molecule has 24 heavy (non-hydrogen) atoms. The lowest BCUT2D eigenvalue weighted by molar-refractivity contribution is -0.120. The lowest BCUT2D eigenvalue weighted by Crippen LogP contribution is -2.38. The number of imidazole rings is 1. The Hall–Kier alpha value is -2.55. The Labute approximate surface area is 142 Å². The number of nitrogens with one attached hydrogen (secondary N) is 2. The molecule has 0 aromatic carbocycles. The van der Waals surface area contributed by atoms with Crippen LogP contribution in [0.3, 0.4) is 0 Å². The molecule has 1 fully saturated rings. The maximum absolute atomic E-state index is 12.4. The van der Waals surface area contributed by atoms with E-state index in [1.165, 1.54) is 17.7 Å². The third-order valence-electron chi connectivity index (χ3n) is 4.22. The summed E-state index contributed by atoms with van der Waals surface area (Å²) in [6.45, 7) is 3.47. The number of rotatable bonds is 3. The van der Waals surface area contributed by atoms with Crippen LogP contribution in [-0.4, -0.2) is 43.9 Å². The van der Waals surface area contributed by atoms with E-state index in [0.29, 0.717) is 10.8 Å². The van der Waals surface area contributed by atoms with E-state index in [-0.39, 0.29) is 11.8 Å². The van der Waals surface area contributed by atoms with Crippen LogP contribution < -0.4 is 10.2 Å². The van der Waals surface area contributed by atoms with Crippen LogP contribution in [0.1, 0.15) is 18.5 Å². The highest BCUT2D eigenvalue weighted by atomic mass is 32.1. The number of carbonyl (C=O) groups excluding carboxylic acids is 1. The molecule has 3 aromatic rings. The highest BCUT2D eigenvalue weighted by Crippen LogP contribution is 2.26. The molecule has 9 heteroatoms. The van der Waals surface area contributed by atoms with E-state index >= 15 is 0 Å². The molecule has 3 aromatic heterocycles. The number of hydrogen-bond donors (Lipinski definition) is 2. The van der Waals surface area contributed by atoms with Gasteiger partial charge < -0.3 is 15.2 Å². The van der Waals surface area contributed by atoms with Crippen molar-refractivity contribution in [2.75, 3.05) is 23.3 Å². The largest absolute Gasteiger partial charge is 0.355 e. The predicted octanol–water partition coefficient (Wildman–Crippen LogP) is 1.97. The minimum Gasteiger partial charge on any atom is -0.355 e. The molecule has 0 spiro atoms. The Morgan fingerprint density at radius 3 is 2.92 bits per heavy atom. The third kappa shape index (κ3) is 2.82. The summed E-state index contributed by atoms with van der Waals surface area (Å²) in [5.74, 6) is 0.912. The van der Waals surface area contributed by atoms with Gasteiger partial charge in [0.25, 0.3) is 0 Å². The standard InChI is InChI=1S/C15H17N7OS/c1-9-6-24-15(20-9)21-14(23)10-2-4-22(5-3-10)13-11-12(17-7-16-11)18-8-19-13/h6-8,10H,2-5H2,1H3,(H,20,21,23)(H,16,17,18,19). The van der Waals surface area contributed by atoms with Gasteiger partial charge in [-0.3, -0.25) is 4.79 Å². The molecule has 4 rings (SSSR count). The zero-order valence-corrected chi connectivity index (χ0v) is 14.0. The topological polar surface area (TPSA) is 99.7 Å². The van der Waals surface area contributed by atoms with Crippen molar-refractivity contribution in [3.8, 4) is 0 Å². The number of aromatic nitrogens is 5. The number of thiazole rings is 1. The fourth-order valence-corrected chi connectivity index (χ4v) is 3.66. The summed E-state index contributed by atoms with van der Waals surface area (Å²) in [6, 6.07) is 0. The number of nitrogens with zero attached hydrogens (tertiary/aromatic N) is 5. The number of hydrogen-bond acceptors (Lipinski definition) is 7. The van der Waals surface area contributed by atoms with Gasteiger partial charge in [0, 0.05) is 24.4 Å². The van der Waals surface area contributed by atoms with Crippen molar-refractivity contribution >= 4 is 39.4 Å². The van der Waals surface area contributed by atoms with Crippen molar-refractivity contribution < 1.29 is 4.79 Å². The second-order valence-corrected chi connectivity index (χ2v) is 6.70. The maximum atomic E-state index is 12.4. The summed E-state index contributed by atoms with van der Waals surface area (Å²) >= 11 is 1.46. The van der Waals surface area contributed by atoms with Crippen LogP contribution >= 0.6 is 11.3 Å². The van der Waals surface area contributed by atoms with Crippen molar-refractivity contribution in [2.24, 2.45) is 5.92 Å². The van der Waals surface area contributed by atoms with Crippen LogP contribution in [0.2, 0.25) is 0 Å². The number of aromatic amines is 1. The summed E-state index contributed by atoms with van der Waals surface area (Å²) in [5.41, 5.74) is 2.44. The molecule has 0 unspecified atom stereocenters. The summed E-state index contributed by atoms with van der Waals surface area (Å²) < 4.78 is 0. The molecule has 124 valence electrons. The van der Waals surface area contributed by atoms with Gasteiger partial charge in [-0.25, -0.2) is 19.9 Å². The minimum absolute atomic E-state index is 0.00421. The average Bonchev–Trinajstić information content (AvgIpc) is 3.23. The minimum atomic E-state index is 0.00421. The molecule has 0 radical (unpaired) electrons. The Kier molecular flexibility index (Phi) is 3.85. The summed E-state index contributed by atoms with van der Waals surface area (Å²) in [5, 5.41) is 5.53. The molecule has 0 aliphatic carbocycles. The molecule has 2 N–H and O–H groups in total. The lowest BCUT2D eigenvalue weighted by atomic mass is 9.96. The van der Waals surface area contributed by atoms with Gasteiger partial charge in [0.2, 0.25) is 5.91 Å². The Balaban J connectivity index is 1.41. The zero-order chi connectivity index (χ0) is 16.5. The molecule has 1 saturated heterocycles. The zero-order valence-electron chi connectivity index (χ0n) is 13.2. The number of amides is 1. The first-order valence-corrected chi connectivity index (χ1v) is 8.70. The second-order valence-electron chi connectivity index (χ2n) is 5.84. The van der Waals surface area contributed by atoms with Crippen LogP contribution in [0.4, 0.5) is 10.9 Å². The molecule has 0 bridgehead atoms. The summed E-state index contributed by atoms with van der Waals surface area (Å²) in [4.78, 5) is 34.6. The van der Waals surface area contributed by atoms with E-state index in [4.69, 9.17) is 0 Å². The lowest BCUT2D eigenvalue weighted by Gasteiger charge is -2.31. The highest BCUT2D eigenvalue weighted by Gasteiger charge is 2.27. The van der Waals surface area contributed by atoms with Gasteiger partial charge in [0.05, 0.1) is 12.0 Å². The van der Waals surface area contributed by atoms with Crippen LogP contribution in [0.15, 0.2) is 18.0 Å². The normalized spacial score (nSPS) is 15.8. The van der Waals surface area contributed by atoms with E-state index < -0.39 is 0 Å². The number of aryl methyl sites for hydroxylation is 1. The monoisotopic (exact) mass is 343 g/mol. The average molecular weight is 343 g/mol. The van der Waals surface area contributed by atoms with E-state index in [0.717, 1.165) is 43.0 Å². The van der Waals surface area contributed by atoms with E-state index in [2.05, 4.69) is 35.1 Å². The number of fused-ring (bicyclic) bond motifs is 1. The Morgan fingerprint density at radius 2 is 2.17 bits per heavy atom.